The average Bonchev–Trinajstić information content (AvgIpc) is 2.40. The molecule has 0 bridgehead atoms. The third kappa shape index (κ3) is 5.37. The Hall–Kier alpha value is -0.770. The first-order chi connectivity index (χ1) is 4.81. The molecule has 0 atom stereocenters. The second-order valence-corrected chi connectivity index (χ2v) is 1.64. The summed E-state index contributed by atoms with van der Waals surface area (Å²) in [4.78, 5) is 9.91. The monoisotopic (exact) mass is 147 g/mol. The van der Waals surface area contributed by atoms with Crippen molar-refractivity contribution in [1.29, 1.82) is 0 Å². The molecule has 0 aromatic carbocycles. The van der Waals surface area contributed by atoms with Gasteiger partial charge in [-0.3, -0.25) is 0 Å². The van der Waals surface area contributed by atoms with Crippen molar-refractivity contribution in [3.05, 3.63) is 0 Å². The Kier molecular flexibility index (Phi) is 5.86. The Bertz CT molecular complexity index is 85.0. The minimum absolute atomic E-state index is 0.296. The molecule has 1 heterocycles. The SMILES string of the molecule is CCOC.O=C1NCCO1. The summed E-state index contributed by atoms with van der Waals surface area (Å²) in [6.45, 7) is 3.97. The molecule has 10 heavy (non-hydrogen) atoms. The molecular weight excluding hydrogens is 134 g/mol. The molecule has 0 spiro atoms. The smallest absolute Gasteiger partial charge is 0.407 e. The number of ether oxygens (including phenoxy) is 2. The first kappa shape index (κ1) is 9.23. The van der Waals surface area contributed by atoms with Crippen LogP contribution in [0.3, 0.4) is 0 Å². The number of carbonyl (C=O) groups excluding carboxylic acids is 1. The Morgan fingerprint density at radius 2 is 2.40 bits per heavy atom. The maximum Gasteiger partial charge on any atom is 0.407 e. The molecule has 1 amide bonds. The number of alkyl carbamates (subject to hydrolysis) is 1. The van der Waals surface area contributed by atoms with Gasteiger partial charge in [-0.1, -0.05) is 0 Å². The minimum atomic E-state index is -0.296. The molecule has 0 radical (unpaired) electrons. The van der Waals surface area contributed by atoms with Gasteiger partial charge in [-0.15, -0.1) is 0 Å². The van der Waals surface area contributed by atoms with Gasteiger partial charge in [0.25, 0.3) is 0 Å². The van der Waals surface area contributed by atoms with E-state index in [-0.39, 0.29) is 6.09 Å². The van der Waals surface area contributed by atoms with Crippen LogP contribution in [0.4, 0.5) is 4.79 Å². The molecule has 60 valence electrons. The number of hydrogen-bond donors (Lipinski definition) is 1. The van der Waals surface area contributed by atoms with Gasteiger partial charge < -0.3 is 14.8 Å². The highest BCUT2D eigenvalue weighted by Gasteiger charge is 2.06. The Labute approximate surface area is 60.5 Å². The second-order valence-electron chi connectivity index (χ2n) is 1.64. The number of amides is 1. The Morgan fingerprint density at radius 3 is 2.50 bits per heavy atom. The van der Waals surface area contributed by atoms with Crippen molar-refractivity contribution < 1.29 is 14.3 Å². The highest BCUT2D eigenvalue weighted by atomic mass is 16.6. The number of cyclic esters (lactones) is 1. The van der Waals surface area contributed by atoms with Crippen LogP contribution in [0, 0.1) is 0 Å². The van der Waals surface area contributed by atoms with Crippen LogP contribution in [0.1, 0.15) is 6.92 Å². The summed E-state index contributed by atoms with van der Waals surface area (Å²) >= 11 is 0. The van der Waals surface area contributed by atoms with Gasteiger partial charge in [0.15, 0.2) is 0 Å². The van der Waals surface area contributed by atoms with Crippen molar-refractivity contribution in [3.8, 4) is 0 Å². The van der Waals surface area contributed by atoms with Gasteiger partial charge in [0.05, 0.1) is 6.54 Å². The van der Waals surface area contributed by atoms with Crippen LogP contribution in [0.25, 0.3) is 0 Å². The molecule has 4 nitrogen and oxygen atoms in total. The summed E-state index contributed by atoms with van der Waals surface area (Å²) in [7, 11) is 1.68. The fourth-order valence-corrected chi connectivity index (χ4v) is 0.348. The molecule has 1 rings (SSSR count). The van der Waals surface area contributed by atoms with E-state index in [2.05, 4.69) is 14.8 Å². The third-order valence-electron chi connectivity index (χ3n) is 0.893. The fourth-order valence-electron chi connectivity index (χ4n) is 0.348. The lowest BCUT2D eigenvalue weighted by molar-refractivity contribution is 0.178. The number of carbonyl (C=O) groups is 1. The zero-order chi connectivity index (χ0) is 7.82. The molecule has 1 aliphatic rings. The van der Waals surface area contributed by atoms with E-state index in [0.717, 1.165) is 6.61 Å². The molecule has 1 saturated heterocycles. The van der Waals surface area contributed by atoms with Gasteiger partial charge in [-0.05, 0) is 6.92 Å². The zero-order valence-corrected chi connectivity index (χ0v) is 6.35. The molecule has 1 N–H and O–H groups in total. The van der Waals surface area contributed by atoms with Crippen molar-refractivity contribution in [1.82, 2.24) is 5.32 Å². The number of hydrogen-bond acceptors (Lipinski definition) is 3. The van der Waals surface area contributed by atoms with E-state index in [4.69, 9.17) is 0 Å². The summed E-state index contributed by atoms with van der Waals surface area (Å²) in [6.07, 6.45) is -0.296. The maximum absolute atomic E-state index is 9.91. The normalized spacial score (nSPS) is 14.8. The molecule has 0 unspecified atom stereocenters. The van der Waals surface area contributed by atoms with Crippen LogP contribution in [0.5, 0.6) is 0 Å². The lowest BCUT2D eigenvalue weighted by Gasteiger charge is -1.80. The number of methoxy groups -OCH3 is 1. The molecule has 0 aliphatic carbocycles. The second kappa shape index (κ2) is 6.35. The molecule has 1 aliphatic heterocycles. The highest BCUT2D eigenvalue weighted by Crippen LogP contribution is 1.82. The summed E-state index contributed by atoms with van der Waals surface area (Å²) < 4.78 is 8.94. The van der Waals surface area contributed by atoms with Crippen LogP contribution in [0.2, 0.25) is 0 Å². The van der Waals surface area contributed by atoms with Crippen molar-refractivity contribution in [2.45, 2.75) is 6.92 Å². The molecule has 0 saturated carbocycles. The number of rotatable bonds is 1. The van der Waals surface area contributed by atoms with Crippen LogP contribution in [-0.4, -0.2) is 33.0 Å². The summed E-state index contributed by atoms with van der Waals surface area (Å²) in [5.74, 6) is 0. The van der Waals surface area contributed by atoms with Crippen LogP contribution >= 0.6 is 0 Å². The van der Waals surface area contributed by atoms with Gasteiger partial charge in [-0.25, -0.2) is 4.79 Å². The van der Waals surface area contributed by atoms with Crippen LogP contribution in [-0.2, 0) is 9.47 Å². The van der Waals surface area contributed by atoms with Crippen molar-refractivity contribution >= 4 is 6.09 Å². The Morgan fingerprint density at radius 1 is 1.80 bits per heavy atom. The first-order valence-electron chi connectivity index (χ1n) is 3.20. The maximum atomic E-state index is 9.91. The van der Waals surface area contributed by atoms with Crippen molar-refractivity contribution in [3.63, 3.8) is 0 Å². The first-order valence-corrected chi connectivity index (χ1v) is 3.20. The third-order valence-corrected chi connectivity index (χ3v) is 0.893. The highest BCUT2D eigenvalue weighted by molar-refractivity contribution is 5.68. The van der Waals surface area contributed by atoms with E-state index in [1.807, 2.05) is 6.92 Å². The summed E-state index contributed by atoms with van der Waals surface area (Å²) in [6, 6.07) is 0. The predicted octanol–water partition coefficient (Wildman–Crippen LogP) is 0.379. The molecule has 4 heteroatoms. The lowest BCUT2D eigenvalue weighted by atomic mass is 10.7. The largest absolute Gasteiger partial charge is 0.448 e. The van der Waals surface area contributed by atoms with Gasteiger partial charge in [0.2, 0.25) is 0 Å². The van der Waals surface area contributed by atoms with Crippen LogP contribution < -0.4 is 5.32 Å². The fraction of sp³-hybridized carbons (Fsp3) is 0.833. The van der Waals surface area contributed by atoms with E-state index < -0.39 is 0 Å². The zero-order valence-electron chi connectivity index (χ0n) is 6.35. The van der Waals surface area contributed by atoms with E-state index >= 15 is 0 Å². The molecule has 1 fully saturated rings. The molecule has 0 aromatic rings. The van der Waals surface area contributed by atoms with Gasteiger partial charge in [0.1, 0.15) is 6.61 Å². The summed E-state index contributed by atoms with van der Waals surface area (Å²) in [5, 5.41) is 2.46. The standard InChI is InChI=1S/C3H5NO2.C3H8O/c5-3-4-1-2-6-3;1-3-4-2/h1-2H2,(H,4,5);3H2,1-2H3. The van der Waals surface area contributed by atoms with E-state index in [1.54, 1.807) is 7.11 Å². The average molecular weight is 147 g/mol. The van der Waals surface area contributed by atoms with Crippen LogP contribution in [0.15, 0.2) is 0 Å². The van der Waals surface area contributed by atoms with Crippen molar-refractivity contribution in [2.24, 2.45) is 0 Å². The summed E-state index contributed by atoms with van der Waals surface area (Å²) in [5.41, 5.74) is 0. The van der Waals surface area contributed by atoms with Gasteiger partial charge >= 0.3 is 6.09 Å². The topological polar surface area (TPSA) is 47.6 Å². The number of nitrogens with one attached hydrogen (secondary N) is 1. The lowest BCUT2D eigenvalue weighted by Crippen LogP contribution is -2.11. The van der Waals surface area contributed by atoms with Gasteiger partial charge in [-0.2, -0.15) is 0 Å². The molecule has 0 aromatic heterocycles. The predicted molar refractivity (Wildman–Crippen MR) is 36.9 cm³/mol. The minimum Gasteiger partial charge on any atom is -0.448 e. The quantitative estimate of drug-likeness (QED) is 0.583. The van der Waals surface area contributed by atoms with E-state index in [1.165, 1.54) is 0 Å². The molecular formula is C6H13NO3. The van der Waals surface area contributed by atoms with Gasteiger partial charge in [0, 0.05) is 13.7 Å². The van der Waals surface area contributed by atoms with E-state index in [0.29, 0.717) is 13.2 Å². The van der Waals surface area contributed by atoms with E-state index in [9.17, 15) is 4.79 Å². The Balaban J connectivity index is 0.000000180. The van der Waals surface area contributed by atoms with Crippen molar-refractivity contribution in [2.75, 3.05) is 26.9 Å².